The minimum atomic E-state index is -0.512. The zero-order chi connectivity index (χ0) is 18.6. The molecule has 1 aromatic heterocycles. The number of ether oxygens (including phenoxy) is 2. The maximum atomic E-state index is 12.5. The predicted molar refractivity (Wildman–Crippen MR) is 99.2 cm³/mol. The molecule has 0 bridgehead atoms. The highest BCUT2D eigenvalue weighted by atomic mass is 79.9. The van der Waals surface area contributed by atoms with Crippen LogP contribution in [0.15, 0.2) is 34.8 Å². The molecule has 0 aliphatic heterocycles. The molecule has 0 spiro atoms. The lowest BCUT2D eigenvalue weighted by Gasteiger charge is -2.17. The Balaban J connectivity index is 2.07. The number of aryl methyl sites for hydroxylation is 1. The van der Waals surface area contributed by atoms with E-state index >= 15 is 0 Å². The van der Waals surface area contributed by atoms with Gasteiger partial charge in [0.05, 0.1) is 18.2 Å². The molecule has 0 saturated carbocycles. The van der Waals surface area contributed by atoms with Crippen molar-refractivity contribution < 1.29 is 19.1 Å². The number of rotatable bonds is 7. The molecule has 134 valence electrons. The third-order valence-electron chi connectivity index (χ3n) is 4.05. The molecular formula is C19H22BrNO4. The fourth-order valence-electron chi connectivity index (χ4n) is 2.93. The van der Waals surface area contributed by atoms with E-state index < -0.39 is 5.97 Å². The molecule has 0 fully saturated rings. The number of hydrogen-bond donors (Lipinski definition) is 0. The van der Waals surface area contributed by atoms with Gasteiger partial charge in [0.25, 0.3) is 0 Å². The summed E-state index contributed by atoms with van der Waals surface area (Å²) in [6.07, 6.45) is 0. The number of hydrogen-bond acceptors (Lipinski definition) is 4. The van der Waals surface area contributed by atoms with Gasteiger partial charge in [0, 0.05) is 28.5 Å². The van der Waals surface area contributed by atoms with E-state index in [2.05, 4.69) is 20.5 Å². The van der Waals surface area contributed by atoms with Crippen molar-refractivity contribution in [2.45, 2.75) is 26.8 Å². The number of aromatic nitrogens is 1. The van der Waals surface area contributed by atoms with Crippen LogP contribution in [0.1, 0.15) is 45.1 Å². The molecule has 1 heterocycles. The Kier molecular flexibility index (Phi) is 6.56. The van der Waals surface area contributed by atoms with Crippen LogP contribution in [-0.4, -0.2) is 36.6 Å². The van der Waals surface area contributed by atoms with Crippen LogP contribution in [0, 0.1) is 13.8 Å². The highest BCUT2D eigenvalue weighted by Gasteiger charge is 2.20. The van der Waals surface area contributed by atoms with Gasteiger partial charge in [0.2, 0.25) is 5.78 Å². The predicted octanol–water partition coefficient (Wildman–Crippen LogP) is 4.11. The highest BCUT2D eigenvalue weighted by molar-refractivity contribution is 9.10. The fraction of sp³-hybridized carbons (Fsp3) is 0.368. The van der Waals surface area contributed by atoms with Crippen LogP contribution in [0.4, 0.5) is 0 Å². The first-order valence-corrected chi connectivity index (χ1v) is 8.77. The van der Waals surface area contributed by atoms with Crippen molar-refractivity contribution >= 4 is 27.7 Å². The van der Waals surface area contributed by atoms with Crippen LogP contribution < -0.4 is 0 Å². The van der Waals surface area contributed by atoms with Crippen LogP contribution in [0.3, 0.4) is 0 Å². The molecule has 0 saturated heterocycles. The Bertz CT molecular complexity index is 764. The average Bonchev–Trinajstić information content (AvgIpc) is 2.88. The van der Waals surface area contributed by atoms with E-state index in [9.17, 15) is 9.59 Å². The second kappa shape index (κ2) is 8.45. The Morgan fingerprint density at radius 1 is 1.20 bits per heavy atom. The van der Waals surface area contributed by atoms with Crippen LogP contribution in [0.2, 0.25) is 0 Å². The first kappa shape index (κ1) is 19.4. The second-order valence-electron chi connectivity index (χ2n) is 5.97. The Hall–Kier alpha value is -1.92. The van der Waals surface area contributed by atoms with Crippen molar-refractivity contribution in [1.82, 2.24) is 4.57 Å². The minimum Gasteiger partial charge on any atom is -0.454 e. The minimum absolute atomic E-state index is 0.122. The number of nitrogens with zero attached hydrogens (tertiary/aromatic N) is 1. The van der Waals surface area contributed by atoms with Gasteiger partial charge >= 0.3 is 5.97 Å². The molecule has 0 aliphatic carbocycles. The number of Topliss-reactive ketones (excluding diaryl/α,β-unsaturated/α-hetero) is 1. The van der Waals surface area contributed by atoms with Gasteiger partial charge in [-0.3, -0.25) is 4.79 Å². The number of benzene rings is 1. The summed E-state index contributed by atoms with van der Waals surface area (Å²) in [5.41, 5.74) is 2.82. The molecule has 1 aromatic carbocycles. The molecule has 2 rings (SSSR count). The summed E-state index contributed by atoms with van der Waals surface area (Å²) in [7, 11) is 1.65. The Labute approximate surface area is 156 Å². The molecule has 25 heavy (non-hydrogen) atoms. The van der Waals surface area contributed by atoms with Gasteiger partial charge in [-0.15, -0.1) is 0 Å². The van der Waals surface area contributed by atoms with Crippen LogP contribution in [-0.2, 0) is 9.47 Å². The van der Waals surface area contributed by atoms with Gasteiger partial charge in [-0.1, -0.05) is 15.9 Å². The fourth-order valence-corrected chi connectivity index (χ4v) is 3.20. The topological polar surface area (TPSA) is 57.5 Å². The lowest BCUT2D eigenvalue weighted by molar-refractivity contribution is 0.0474. The van der Waals surface area contributed by atoms with Gasteiger partial charge in [-0.2, -0.15) is 0 Å². The number of methoxy groups -OCH3 is 1. The lowest BCUT2D eigenvalue weighted by Crippen LogP contribution is -2.17. The SMILES string of the molecule is COC[C@H](C)n1c(C)cc(C(=O)COC(=O)c2ccc(Br)cc2)c1C. The molecule has 0 aliphatic rings. The summed E-state index contributed by atoms with van der Waals surface area (Å²) in [4.78, 5) is 24.5. The summed E-state index contributed by atoms with van der Waals surface area (Å²) in [6, 6.07) is 8.76. The van der Waals surface area contributed by atoms with Gasteiger partial charge in [0.15, 0.2) is 6.61 Å². The van der Waals surface area contributed by atoms with Crippen LogP contribution >= 0.6 is 15.9 Å². The van der Waals surface area contributed by atoms with Gasteiger partial charge in [-0.05, 0) is 51.1 Å². The molecular weight excluding hydrogens is 386 g/mol. The largest absolute Gasteiger partial charge is 0.454 e. The third kappa shape index (κ3) is 4.58. The highest BCUT2D eigenvalue weighted by Crippen LogP contribution is 2.21. The van der Waals surface area contributed by atoms with Crippen molar-refractivity contribution in [2.75, 3.05) is 20.3 Å². The van der Waals surface area contributed by atoms with E-state index in [1.807, 2.05) is 26.8 Å². The van der Waals surface area contributed by atoms with Crippen molar-refractivity contribution in [3.8, 4) is 0 Å². The summed E-state index contributed by atoms with van der Waals surface area (Å²) < 4.78 is 13.3. The van der Waals surface area contributed by atoms with Gasteiger partial charge < -0.3 is 14.0 Å². The Morgan fingerprint density at radius 3 is 2.44 bits per heavy atom. The molecule has 0 radical (unpaired) electrons. The number of carbonyl (C=O) groups excluding carboxylic acids is 2. The zero-order valence-corrected chi connectivity index (χ0v) is 16.4. The average molecular weight is 408 g/mol. The van der Waals surface area contributed by atoms with Gasteiger partial charge in [-0.25, -0.2) is 4.79 Å². The van der Waals surface area contributed by atoms with Crippen molar-refractivity contribution in [1.29, 1.82) is 0 Å². The normalized spacial score (nSPS) is 12.0. The van der Waals surface area contributed by atoms with E-state index in [1.165, 1.54) is 0 Å². The zero-order valence-electron chi connectivity index (χ0n) is 14.8. The van der Waals surface area contributed by atoms with E-state index in [0.717, 1.165) is 15.9 Å². The monoisotopic (exact) mass is 407 g/mol. The molecule has 0 N–H and O–H groups in total. The summed E-state index contributed by atoms with van der Waals surface area (Å²) in [5, 5.41) is 0. The molecule has 6 heteroatoms. The molecule has 2 aromatic rings. The van der Waals surface area contributed by atoms with Crippen molar-refractivity contribution in [3.05, 3.63) is 57.3 Å². The third-order valence-corrected chi connectivity index (χ3v) is 4.58. The summed E-state index contributed by atoms with van der Waals surface area (Å²) in [6.45, 7) is 6.15. The number of esters is 1. The maximum Gasteiger partial charge on any atom is 0.338 e. The first-order chi connectivity index (χ1) is 11.8. The van der Waals surface area contributed by atoms with E-state index in [-0.39, 0.29) is 18.4 Å². The van der Waals surface area contributed by atoms with E-state index in [1.54, 1.807) is 31.4 Å². The smallest absolute Gasteiger partial charge is 0.338 e. The molecule has 5 nitrogen and oxygen atoms in total. The summed E-state index contributed by atoms with van der Waals surface area (Å²) in [5.74, 6) is -0.725. The molecule has 0 amide bonds. The standard InChI is InChI=1S/C19H22BrNO4/c1-12-9-17(14(3)21(12)13(2)10-24-4)18(22)11-25-19(23)15-5-7-16(20)8-6-15/h5-9,13H,10-11H2,1-4H3/t13-/m0/s1. The first-order valence-electron chi connectivity index (χ1n) is 7.98. The number of halogens is 1. The van der Waals surface area contributed by atoms with Crippen LogP contribution in [0.25, 0.3) is 0 Å². The van der Waals surface area contributed by atoms with Crippen LogP contribution in [0.5, 0.6) is 0 Å². The second-order valence-corrected chi connectivity index (χ2v) is 6.88. The summed E-state index contributed by atoms with van der Waals surface area (Å²) >= 11 is 3.31. The van der Waals surface area contributed by atoms with E-state index in [4.69, 9.17) is 9.47 Å². The Morgan fingerprint density at radius 2 is 1.84 bits per heavy atom. The van der Waals surface area contributed by atoms with Crippen molar-refractivity contribution in [3.63, 3.8) is 0 Å². The molecule has 1 atom stereocenters. The lowest BCUT2D eigenvalue weighted by atomic mass is 10.1. The van der Waals surface area contributed by atoms with E-state index in [0.29, 0.717) is 17.7 Å². The quantitative estimate of drug-likeness (QED) is 0.511. The number of ketones is 1. The van der Waals surface area contributed by atoms with Gasteiger partial charge in [0.1, 0.15) is 0 Å². The van der Waals surface area contributed by atoms with Crippen molar-refractivity contribution in [2.24, 2.45) is 0 Å². The molecule has 0 unspecified atom stereocenters. The maximum absolute atomic E-state index is 12.5. The number of carbonyl (C=O) groups is 2.